The molecule has 1 aliphatic carbocycles. The first-order valence-corrected chi connectivity index (χ1v) is 10.5. The SMILES string of the molecule is CC1CCC(NS(=O)(=O)CC(=O)NCCc2cccc(C(=O)O)c2)CC1. The second-order valence-corrected chi connectivity index (χ2v) is 8.69. The molecule has 1 aliphatic rings. The van der Waals surface area contributed by atoms with Crippen LogP contribution >= 0.6 is 0 Å². The molecule has 26 heavy (non-hydrogen) atoms. The highest BCUT2D eigenvalue weighted by atomic mass is 32.2. The molecule has 0 saturated heterocycles. The van der Waals surface area contributed by atoms with Gasteiger partial charge < -0.3 is 10.4 Å². The number of hydrogen-bond donors (Lipinski definition) is 3. The Balaban J connectivity index is 1.75. The van der Waals surface area contributed by atoms with Crippen molar-refractivity contribution in [3.63, 3.8) is 0 Å². The van der Waals surface area contributed by atoms with Gasteiger partial charge in [-0.05, 0) is 55.7 Å². The molecule has 1 fully saturated rings. The molecule has 1 saturated carbocycles. The lowest BCUT2D eigenvalue weighted by molar-refractivity contribution is -0.118. The number of nitrogens with one attached hydrogen (secondary N) is 2. The highest BCUT2D eigenvalue weighted by Crippen LogP contribution is 2.23. The monoisotopic (exact) mass is 382 g/mol. The predicted molar refractivity (Wildman–Crippen MR) is 98.5 cm³/mol. The van der Waals surface area contributed by atoms with E-state index in [1.807, 2.05) is 0 Å². The number of amides is 1. The van der Waals surface area contributed by atoms with Crippen LogP contribution in [0.4, 0.5) is 0 Å². The van der Waals surface area contributed by atoms with Crippen molar-refractivity contribution in [2.24, 2.45) is 5.92 Å². The molecule has 0 bridgehead atoms. The first kappa shape index (κ1) is 20.4. The fraction of sp³-hybridized carbons (Fsp3) is 0.556. The third-order valence-electron chi connectivity index (χ3n) is 4.59. The summed E-state index contributed by atoms with van der Waals surface area (Å²) in [7, 11) is -3.65. The van der Waals surface area contributed by atoms with E-state index in [1.165, 1.54) is 12.1 Å². The Bertz CT molecular complexity index is 740. The molecule has 0 spiro atoms. The molecule has 0 atom stereocenters. The highest BCUT2D eigenvalue weighted by molar-refractivity contribution is 7.90. The zero-order chi connectivity index (χ0) is 19.2. The quantitative estimate of drug-likeness (QED) is 0.631. The van der Waals surface area contributed by atoms with Crippen LogP contribution in [0.25, 0.3) is 0 Å². The number of hydrogen-bond acceptors (Lipinski definition) is 4. The van der Waals surface area contributed by atoms with Crippen molar-refractivity contribution in [2.45, 2.75) is 45.1 Å². The average Bonchev–Trinajstić information content (AvgIpc) is 2.56. The lowest BCUT2D eigenvalue weighted by atomic mass is 9.88. The zero-order valence-corrected chi connectivity index (χ0v) is 15.7. The lowest BCUT2D eigenvalue weighted by Crippen LogP contribution is -2.42. The van der Waals surface area contributed by atoms with Gasteiger partial charge in [-0.1, -0.05) is 19.1 Å². The second kappa shape index (κ2) is 9.14. The third-order valence-corrected chi connectivity index (χ3v) is 5.93. The van der Waals surface area contributed by atoms with Crippen LogP contribution in [0.3, 0.4) is 0 Å². The number of sulfonamides is 1. The van der Waals surface area contributed by atoms with Crippen LogP contribution in [-0.2, 0) is 21.2 Å². The van der Waals surface area contributed by atoms with Gasteiger partial charge in [0.2, 0.25) is 15.9 Å². The van der Waals surface area contributed by atoms with Crippen molar-refractivity contribution < 1.29 is 23.1 Å². The molecule has 0 radical (unpaired) electrons. The van der Waals surface area contributed by atoms with Crippen LogP contribution < -0.4 is 10.0 Å². The minimum absolute atomic E-state index is 0.0808. The van der Waals surface area contributed by atoms with Crippen molar-refractivity contribution >= 4 is 21.9 Å². The average molecular weight is 382 g/mol. The van der Waals surface area contributed by atoms with Gasteiger partial charge in [-0.2, -0.15) is 0 Å². The number of carboxylic acid groups (broad SMARTS) is 1. The smallest absolute Gasteiger partial charge is 0.335 e. The molecular weight excluding hydrogens is 356 g/mol. The van der Waals surface area contributed by atoms with Crippen LogP contribution in [0, 0.1) is 5.92 Å². The Morgan fingerprint density at radius 2 is 1.88 bits per heavy atom. The number of carbonyl (C=O) groups is 2. The summed E-state index contributed by atoms with van der Waals surface area (Å²) in [4.78, 5) is 22.8. The number of rotatable bonds is 8. The fourth-order valence-corrected chi connectivity index (χ4v) is 4.38. The molecule has 0 aliphatic heterocycles. The summed E-state index contributed by atoms with van der Waals surface area (Å²) >= 11 is 0. The molecule has 1 aromatic rings. The Morgan fingerprint density at radius 1 is 1.19 bits per heavy atom. The van der Waals surface area contributed by atoms with Gasteiger partial charge in [0, 0.05) is 12.6 Å². The van der Waals surface area contributed by atoms with Crippen molar-refractivity contribution in [3.8, 4) is 0 Å². The third kappa shape index (κ3) is 6.76. The molecule has 144 valence electrons. The maximum absolute atomic E-state index is 12.1. The van der Waals surface area contributed by atoms with Gasteiger partial charge in [-0.25, -0.2) is 17.9 Å². The van der Waals surface area contributed by atoms with E-state index in [4.69, 9.17) is 5.11 Å². The first-order chi connectivity index (χ1) is 12.2. The summed E-state index contributed by atoms with van der Waals surface area (Å²) in [5.74, 6) is -1.53. The van der Waals surface area contributed by atoms with E-state index >= 15 is 0 Å². The minimum Gasteiger partial charge on any atom is -0.478 e. The molecular formula is C18H26N2O5S. The van der Waals surface area contributed by atoms with Gasteiger partial charge in [0.15, 0.2) is 0 Å². The maximum Gasteiger partial charge on any atom is 0.335 e. The number of benzene rings is 1. The highest BCUT2D eigenvalue weighted by Gasteiger charge is 2.24. The lowest BCUT2D eigenvalue weighted by Gasteiger charge is -2.26. The number of carboxylic acids is 1. The molecule has 2 rings (SSSR count). The zero-order valence-electron chi connectivity index (χ0n) is 14.9. The molecule has 3 N–H and O–H groups in total. The van der Waals surface area contributed by atoms with Crippen LogP contribution in [0.5, 0.6) is 0 Å². The van der Waals surface area contributed by atoms with Crippen LogP contribution in [0.2, 0.25) is 0 Å². The summed E-state index contributed by atoms with van der Waals surface area (Å²) in [5, 5.41) is 11.5. The van der Waals surface area contributed by atoms with E-state index in [0.29, 0.717) is 12.3 Å². The Hall–Kier alpha value is -1.93. The summed E-state index contributed by atoms with van der Waals surface area (Å²) < 4.78 is 26.8. The number of aromatic carboxylic acids is 1. The first-order valence-electron chi connectivity index (χ1n) is 8.84. The van der Waals surface area contributed by atoms with Crippen LogP contribution in [0.1, 0.15) is 48.5 Å². The summed E-state index contributed by atoms with van der Waals surface area (Å²) in [6.07, 6.45) is 4.04. The molecule has 1 amide bonds. The van der Waals surface area contributed by atoms with Gasteiger partial charge in [-0.3, -0.25) is 4.79 Å². The van der Waals surface area contributed by atoms with E-state index in [9.17, 15) is 18.0 Å². The van der Waals surface area contributed by atoms with E-state index in [2.05, 4.69) is 17.0 Å². The van der Waals surface area contributed by atoms with Crippen molar-refractivity contribution in [3.05, 3.63) is 35.4 Å². The molecule has 8 heteroatoms. The molecule has 0 aromatic heterocycles. The van der Waals surface area contributed by atoms with Gasteiger partial charge in [0.05, 0.1) is 5.56 Å². The van der Waals surface area contributed by atoms with E-state index in [-0.39, 0.29) is 18.2 Å². The van der Waals surface area contributed by atoms with Crippen molar-refractivity contribution in [2.75, 3.05) is 12.3 Å². The minimum atomic E-state index is -3.65. The standard InChI is InChI=1S/C18H26N2O5S/c1-13-5-7-16(8-6-13)20-26(24,25)12-17(21)19-10-9-14-3-2-4-15(11-14)18(22)23/h2-4,11,13,16,20H,5-10,12H2,1H3,(H,19,21)(H,22,23). The largest absolute Gasteiger partial charge is 0.478 e. The summed E-state index contributed by atoms with van der Waals surface area (Å²) in [6, 6.07) is 6.36. The molecule has 0 heterocycles. The Labute approximate surface area is 154 Å². The fourth-order valence-electron chi connectivity index (χ4n) is 3.10. The molecule has 7 nitrogen and oxygen atoms in total. The van der Waals surface area contributed by atoms with Gasteiger partial charge in [0.1, 0.15) is 5.75 Å². The van der Waals surface area contributed by atoms with Crippen LogP contribution in [-0.4, -0.2) is 43.7 Å². The second-order valence-electron chi connectivity index (χ2n) is 6.94. The topological polar surface area (TPSA) is 113 Å². The number of carbonyl (C=O) groups excluding carboxylic acids is 1. The van der Waals surface area contributed by atoms with E-state index in [0.717, 1.165) is 31.2 Å². The van der Waals surface area contributed by atoms with E-state index in [1.54, 1.807) is 12.1 Å². The van der Waals surface area contributed by atoms with Crippen molar-refractivity contribution in [1.82, 2.24) is 10.0 Å². The van der Waals surface area contributed by atoms with Gasteiger partial charge in [-0.15, -0.1) is 0 Å². The van der Waals surface area contributed by atoms with Gasteiger partial charge in [0.25, 0.3) is 0 Å². The van der Waals surface area contributed by atoms with E-state index < -0.39 is 27.7 Å². The Kier molecular flexibility index (Phi) is 7.16. The summed E-state index contributed by atoms with van der Waals surface area (Å²) in [6.45, 7) is 2.41. The predicted octanol–water partition coefficient (Wildman–Crippen LogP) is 1.54. The molecule has 0 unspecified atom stereocenters. The summed E-state index contributed by atoms with van der Waals surface area (Å²) in [5.41, 5.74) is 0.949. The molecule has 1 aromatic carbocycles. The Morgan fingerprint density at radius 3 is 2.54 bits per heavy atom. The van der Waals surface area contributed by atoms with Crippen molar-refractivity contribution in [1.29, 1.82) is 0 Å². The maximum atomic E-state index is 12.1. The van der Waals surface area contributed by atoms with Crippen LogP contribution in [0.15, 0.2) is 24.3 Å². The normalized spacial score (nSPS) is 20.5. The van der Waals surface area contributed by atoms with Gasteiger partial charge >= 0.3 is 5.97 Å².